The van der Waals surface area contributed by atoms with Gasteiger partial charge in [-0.3, -0.25) is 0 Å². The van der Waals surface area contributed by atoms with E-state index < -0.39 is 5.82 Å². The average molecular weight is 199 g/mol. The van der Waals surface area contributed by atoms with Gasteiger partial charge in [-0.25, -0.2) is 14.4 Å². The second kappa shape index (κ2) is 6.26. The topological polar surface area (TPSA) is 47.0 Å². The van der Waals surface area contributed by atoms with E-state index in [1.165, 1.54) is 0 Å². The van der Waals surface area contributed by atoms with Gasteiger partial charge in [0.1, 0.15) is 0 Å². The van der Waals surface area contributed by atoms with Crippen molar-refractivity contribution in [3.05, 3.63) is 18.2 Å². The molecule has 0 aliphatic rings. The first kappa shape index (κ1) is 10.8. The number of anilines is 1. The van der Waals surface area contributed by atoms with E-state index in [4.69, 9.17) is 4.74 Å². The Morgan fingerprint density at radius 2 is 2.07 bits per heavy atom. The fourth-order valence-electron chi connectivity index (χ4n) is 0.975. The Kier molecular flexibility index (Phi) is 4.85. The molecule has 0 saturated heterocycles. The molecule has 0 aromatic carbocycles. The van der Waals surface area contributed by atoms with Crippen LogP contribution in [-0.4, -0.2) is 30.2 Å². The van der Waals surface area contributed by atoms with E-state index in [0.29, 0.717) is 5.95 Å². The zero-order valence-electron chi connectivity index (χ0n) is 8.16. The number of hydrogen-bond acceptors (Lipinski definition) is 4. The second-order valence-electron chi connectivity index (χ2n) is 2.85. The molecule has 0 radical (unpaired) electrons. The Balaban J connectivity index is 2.15. The zero-order valence-corrected chi connectivity index (χ0v) is 8.16. The van der Waals surface area contributed by atoms with Crippen molar-refractivity contribution in [3.8, 4) is 0 Å². The van der Waals surface area contributed by atoms with Gasteiger partial charge in [-0.2, -0.15) is 0 Å². The molecule has 0 atom stereocenters. The first-order valence-corrected chi connectivity index (χ1v) is 4.53. The summed E-state index contributed by atoms with van der Waals surface area (Å²) in [4.78, 5) is 7.54. The number of hydrogen-bond donors (Lipinski definition) is 1. The highest BCUT2D eigenvalue weighted by Gasteiger charge is 1.95. The minimum absolute atomic E-state index is 0.421. The molecule has 1 rings (SSSR count). The van der Waals surface area contributed by atoms with E-state index in [-0.39, 0.29) is 0 Å². The normalized spacial score (nSPS) is 10.1. The van der Waals surface area contributed by atoms with Gasteiger partial charge in [0.15, 0.2) is 5.82 Å². The van der Waals surface area contributed by atoms with Crippen LogP contribution >= 0.6 is 0 Å². The van der Waals surface area contributed by atoms with E-state index in [2.05, 4.69) is 15.3 Å². The molecule has 0 amide bonds. The van der Waals surface area contributed by atoms with Crippen molar-refractivity contribution in [2.45, 2.75) is 12.8 Å². The third-order valence-electron chi connectivity index (χ3n) is 1.68. The molecule has 0 bridgehead atoms. The monoisotopic (exact) mass is 199 g/mol. The minimum atomic E-state index is -0.421. The lowest BCUT2D eigenvalue weighted by atomic mass is 10.3. The molecule has 1 N–H and O–H groups in total. The number of unbranched alkanes of at least 4 members (excludes halogenated alkanes) is 1. The van der Waals surface area contributed by atoms with E-state index in [9.17, 15) is 4.39 Å². The molecular weight excluding hydrogens is 185 g/mol. The van der Waals surface area contributed by atoms with Crippen LogP contribution in [0, 0.1) is 5.82 Å². The third-order valence-corrected chi connectivity index (χ3v) is 1.68. The fraction of sp³-hybridized carbons (Fsp3) is 0.556. The number of rotatable bonds is 6. The molecule has 0 aliphatic heterocycles. The summed E-state index contributed by atoms with van der Waals surface area (Å²) >= 11 is 0. The lowest BCUT2D eigenvalue weighted by molar-refractivity contribution is 0.193. The predicted molar refractivity (Wildman–Crippen MR) is 51.6 cm³/mol. The maximum absolute atomic E-state index is 12.4. The van der Waals surface area contributed by atoms with Crippen molar-refractivity contribution in [2.75, 3.05) is 25.6 Å². The Hall–Kier alpha value is -1.23. The maximum Gasteiger partial charge on any atom is 0.222 e. The molecule has 1 heterocycles. The van der Waals surface area contributed by atoms with Crippen molar-refractivity contribution in [3.63, 3.8) is 0 Å². The van der Waals surface area contributed by atoms with Gasteiger partial charge < -0.3 is 10.1 Å². The summed E-state index contributed by atoms with van der Waals surface area (Å²) in [5.41, 5.74) is 0. The van der Waals surface area contributed by atoms with E-state index in [1.807, 2.05) is 0 Å². The highest BCUT2D eigenvalue weighted by atomic mass is 19.1. The first-order valence-electron chi connectivity index (χ1n) is 4.53. The summed E-state index contributed by atoms with van der Waals surface area (Å²) in [6.07, 6.45) is 4.26. The van der Waals surface area contributed by atoms with Crippen LogP contribution in [0.25, 0.3) is 0 Å². The summed E-state index contributed by atoms with van der Waals surface area (Å²) in [6, 6.07) is 0. The van der Waals surface area contributed by atoms with Crippen LogP contribution in [0.5, 0.6) is 0 Å². The molecule has 78 valence electrons. The predicted octanol–water partition coefficient (Wildman–Crippen LogP) is 1.45. The summed E-state index contributed by atoms with van der Waals surface area (Å²) in [6.45, 7) is 1.53. The van der Waals surface area contributed by atoms with Gasteiger partial charge in [0.2, 0.25) is 5.95 Å². The minimum Gasteiger partial charge on any atom is -0.385 e. The van der Waals surface area contributed by atoms with Crippen LogP contribution in [0.15, 0.2) is 12.4 Å². The summed E-state index contributed by atoms with van der Waals surface area (Å²) in [7, 11) is 1.68. The lowest BCUT2D eigenvalue weighted by Crippen LogP contribution is -2.06. The smallest absolute Gasteiger partial charge is 0.222 e. The van der Waals surface area contributed by atoms with E-state index in [0.717, 1.165) is 38.4 Å². The Morgan fingerprint density at radius 3 is 2.71 bits per heavy atom. The van der Waals surface area contributed by atoms with Crippen molar-refractivity contribution >= 4 is 5.95 Å². The largest absolute Gasteiger partial charge is 0.385 e. The summed E-state index contributed by atoms with van der Waals surface area (Å²) in [5.74, 6) is 0.0405. The molecule has 0 unspecified atom stereocenters. The average Bonchev–Trinajstić information content (AvgIpc) is 2.21. The standard InChI is InChI=1S/C9H14FN3O/c1-14-5-3-2-4-11-9-12-6-8(10)7-13-9/h6-7H,2-5H2,1H3,(H,11,12,13). The van der Waals surface area contributed by atoms with Gasteiger partial charge in [0.05, 0.1) is 12.4 Å². The SMILES string of the molecule is COCCCCNc1ncc(F)cn1. The van der Waals surface area contributed by atoms with Gasteiger partial charge in [-0.15, -0.1) is 0 Å². The van der Waals surface area contributed by atoms with Gasteiger partial charge >= 0.3 is 0 Å². The molecule has 0 fully saturated rings. The molecule has 1 aromatic heterocycles. The van der Waals surface area contributed by atoms with Crippen LogP contribution in [0.4, 0.5) is 10.3 Å². The Labute approximate surface area is 82.5 Å². The molecular formula is C9H14FN3O. The summed E-state index contributed by atoms with van der Waals surface area (Å²) in [5, 5.41) is 2.99. The van der Waals surface area contributed by atoms with Crippen molar-refractivity contribution in [1.29, 1.82) is 0 Å². The van der Waals surface area contributed by atoms with Gasteiger partial charge in [0, 0.05) is 20.3 Å². The molecule has 5 heteroatoms. The highest BCUT2D eigenvalue weighted by molar-refractivity contribution is 5.21. The molecule has 0 saturated carbocycles. The van der Waals surface area contributed by atoms with Crippen molar-refractivity contribution < 1.29 is 9.13 Å². The van der Waals surface area contributed by atoms with E-state index in [1.54, 1.807) is 7.11 Å². The van der Waals surface area contributed by atoms with Crippen molar-refractivity contribution in [2.24, 2.45) is 0 Å². The first-order chi connectivity index (χ1) is 6.83. The van der Waals surface area contributed by atoms with Crippen LogP contribution in [0.2, 0.25) is 0 Å². The Morgan fingerprint density at radius 1 is 1.36 bits per heavy atom. The second-order valence-corrected chi connectivity index (χ2v) is 2.85. The van der Waals surface area contributed by atoms with Gasteiger partial charge in [0.25, 0.3) is 0 Å². The number of nitrogens with zero attached hydrogens (tertiary/aromatic N) is 2. The van der Waals surface area contributed by atoms with Crippen LogP contribution in [0.3, 0.4) is 0 Å². The molecule has 0 aliphatic carbocycles. The molecule has 14 heavy (non-hydrogen) atoms. The summed E-state index contributed by atoms with van der Waals surface area (Å²) < 4.78 is 17.3. The fourth-order valence-corrected chi connectivity index (χ4v) is 0.975. The quantitative estimate of drug-likeness (QED) is 0.704. The number of methoxy groups -OCH3 is 1. The van der Waals surface area contributed by atoms with Crippen LogP contribution in [-0.2, 0) is 4.74 Å². The molecule has 0 spiro atoms. The molecule has 4 nitrogen and oxygen atoms in total. The van der Waals surface area contributed by atoms with E-state index >= 15 is 0 Å². The molecule has 1 aromatic rings. The zero-order chi connectivity index (χ0) is 10.2. The Bertz CT molecular complexity index is 253. The van der Waals surface area contributed by atoms with Crippen LogP contribution < -0.4 is 5.32 Å². The number of ether oxygens (including phenoxy) is 1. The van der Waals surface area contributed by atoms with Crippen molar-refractivity contribution in [1.82, 2.24) is 9.97 Å². The lowest BCUT2D eigenvalue weighted by Gasteiger charge is -2.03. The third kappa shape index (κ3) is 4.13. The van der Waals surface area contributed by atoms with Crippen LogP contribution in [0.1, 0.15) is 12.8 Å². The number of halogens is 1. The number of aromatic nitrogens is 2. The highest BCUT2D eigenvalue weighted by Crippen LogP contribution is 1.98. The van der Waals surface area contributed by atoms with Gasteiger partial charge in [-0.05, 0) is 12.8 Å². The maximum atomic E-state index is 12.4. The van der Waals surface area contributed by atoms with Gasteiger partial charge in [-0.1, -0.05) is 0 Å². The number of nitrogens with one attached hydrogen (secondary N) is 1.